The highest BCUT2D eigenvalue weighted by Gasteiger charge is 2.14. The molecule has 0 saturated heterocycles. The molecule has 7 nitrogen and oxygen atoms in total. The molecule has 0 unspecified atom stereocenters. The average Bonchev–Trinajstić information content (AvgIpc) is 2.70. The number of hydroxylamine groups is 1. The van der Waals surface area contributed by atoms with E-state index in [9.17, 15) is 19.5 Å². The maximum absolute atomic E-state index is 11.7. The molecule has 0 aliphatic carbocycles. The van der Waals surface area contributed by atoms with Crippen LogP contribution < -0.4 is 5.48 Å². The Morgan fingerprint density at radius 3 is 2.43 bits per heavy atom. The van der Waals surface area contributed by atoms with Crippen molar-refractivity contribution < 1.29 is 29.8 Å². The third-order valence-corrected chi connectivity index (χ3v) is 5.19. The zero-order valence-electron chi connectivity index (χ0n) is 15.1. The lowest BCUT2D eigenvalue weighted by molar-refractivity contribution is -0.129. The predicted molar refractivity (Wildman–Crippen MR) is 106 cm³/mol. The van der Waals surface area contributed by atoms with Crippen LogP contribution >= 0.6 is 11.8 Å². The lowest BCUT2D eigenvalue weighted by Crippen LogP contribution is -2.17. The predicted octanol–water partition coefficient (Wildman–Crippen LogP) is 3.66. The molecule has 0 saturated carbocycles. The lowest BCUT2D eigenvalue weighted by atomic mass is 9.96. The smallest absolute Gasteiger partial charge is 0.336 e. The van der Waals surface area contributed by atoms with Gasteiger partial charge in [-0.05, 0) is 53.5 Å². The minimum Gasteiger partial charge on any atom is -0.478 e. The van der Waals surface area contributed by atoms with Crippen molar-refractivity contribution >= 4 is 29.6 Å². The summed E-state index contributed by atoms with van der Waals surface area (Å²) in [6.45, 7) is 0. The fourth-order valence-electron chi connectivity index (χ4n) is 2.67. The highest BCUT2D eigenvalue weighted by molar-refractivity contribution is 7.98. The van der Waals surface area contributed by atoms with Crippen molar-refractivity contribution in [3.05, 3.63) is 59.2 Å². The van der Waals surface area contributed by atoms with E-state index in [1.54, 1.807) is 41.5 Å². The van der Waals surface area contributed by atoms with E-state index in [0.29, 0.717) is 23.3 Å². The van der Waals surface area contributed by atoms with Gasteiger partial charge in [-0.15, -0.1) is 0 Å². The molecule has 0 radical (unpaired) electrons. The second-order valence-electron chi connectivity index (χ2n) is 6.12. The largest absolute Gasteiger partial charge is 0.478 e. The maximum atomic E-state index is 11.7. The summed E-state index contributed by atoms with van der Waals surface area (Å²) in [4.78, 5) is 33.8. The molecule has 2 rings (SSSR count). The summed E-state index contributed by atoms with van der Waals surface area (Å²) in [6.07, 6.45) is 1.74. The third-order valence-electron chi connectivity index (χ3n) is 4.07. The summed E-state index contributed by atoms with van der Waals surface area (Å²) in [5, 5.41) is 27.1. The lowest BCUT2D eigenvalue weighted by Gasteiger charge is -2.10. The zero-order valence-corrected chi connectivity index (χ0v) is 15.9. The number of carboxylic acid groups (broad SMARTS) is 2. The van der Waals surface area contributed by atoms with Crippen LogP contribution in [-0.2, 0) is 10.5 Å². The van der Waals surface area contributed by atoms with Crippen LogP contribution in [0.4, 0.5) is 0 Å². The average molecular weight is 403 g/mol. The molecule has 2 aromatic carbocycles. The molecule has 1 amide bonds. The van der Waals surface area contributed by atoms with E-state index in [-0.39, 0.29) is 17.5 Å². The molecule has 0 heterocycles. The molecule has 0 bridgehead atoms. The Bertz CT molecular complexity index is 868. The van der Waals surface area contributed by atoms with Gasteiger partial charge in [-0.2, -0.15) is 11.8 Å². The van der Waals surface area contributed by atoms with Gasteiger partial charge in [0.15, 0.2) is 0 Å². The van der Waals surface area contributed by atoms with Gasteiger partial charge in [0.1, 0.15) is 0 Å². The fraction of sp³-hybridized carbons (Fsp3) is 0.250. The summed E-state index contributed by atoms with van der Waals surface area (Å²) in [7, 11) is 0. The molecule has 0 aliphatic rings. The standard InChI is InChI=1S/C20H21NO6S/c22-18(21-27)6-1-2-9-28-12-13-7-8-16(17(10-13)20(25)26)14-4-3-5-15(11-14)19(23)24/h3-5,7-8,10-11,27H,1-2,6,9,12H2,(H,21,22)(H,23,24)(H,25,26). The number of rotatable bonds is 10. The topological polar surface area (TPSA) is 124 Å². The molecule has 0 spiro atoms. The molecule has 0 aliphatic heterocycles. The normalized spacial score (nSPS) is 10.5. The second-order valence-corrected chi connectivity index (χ2v) is 7.22. The summed E-state index contributed by atoms with van der Waals surface area (Å²) >= 11 is 1.63. The monoisotopic (exact) mass is 403 g/mol. The van der Waals surface area contributed by atoms with E-state index >= 15 is 0 Å². The van der Waals surface area contributed by atoms with Crippen LogP contribution in [-0.4, -0.2) is 39.0 Å². The Hall–Kier alpha value is -2.84. The van der Waals surface area contributed by atoms with Gasteiger partial charge in [-0.1, -0.05) is 24.3 Å². The van der Waals surface area contributed by atoms with Crippen LogP contribution in [0, 0.1) is 0 Å². The van der Waals surface area contributed by atoms with Gasteiger partial charge in [-0.25, -0.2) is 15.1 Å². The minimum atomic E-state index is -1.07. The van der Waals surface area contributed by atoms with Crippen LogP contribution in [0.3, 0.4) is 0 Å². The van der Waals surface area contributed by atoms with Crippen molar-refractivity contribution in [2.45, 2.75) is 25.0 Å². The Morgan fingerprint density at radius 2 is 1.75 bits per heavy atom. The van der Waals surface area contributed by atoms with Gasteiger partial charge >= 0.3 is 11.9 Å². The number of aromatic carboxylic acids is 2. The van der Waals surface area contributed by atoms with E-state index in [0.717, 1.165) is 17.7 Å². The summed E-state index contributed by atoms with van der Waals surface area (Å²) in [6, 6.07) is 11.3. The number of unbranched alkanes of at least 4 members (excludes halogenated alkanes) is 1. The first kappa shape index (κ1) is 21.5. The van der Waals surface area contributed by atoms with Crippen molar-refractivity contribution in [1.82, 2.24) is 5.48 Å². The van der Waals surface area contributed by atoms with Gasteiger partial charge in [0, 0.05) is 12.2 Å². The number of benzene rings is 2. The van der Waals surface area contributed by atoms with E-state index in [1.165, 1.54) is 12.1 Å². The van der Waals surface area contributed by atoms with Crippen LogP contribution in [0.2, 0.25) is 0 Å². The molecule has 8 heteroatoms. The number of carbonyl (C=O) groups excluding carboxylic acids is 1. The summed E-state index contributed by atoms with van der Waals surface area (Å²) in [5.41, 5.74) is 3.69. The number of nitrogens with one attached hydrogen (secondary N) is 1. The van der Waals surface area contributed by atoms with Gasteiger partial charge in [0.05, 0.1) is 11.1 Å². The van der Waals surface area contributed by atoms with Crippen molar-refractivity contribution in [1.29, 1.82) is 0 Å². The molecule has 2 aromatic rings. The molecule has 148 valence electrons. The van der Waals surface area contributed by atoms with Crippen LogP contribution in [0.25, 0.3) is 11.1 Å². The Kier molecular flexibility index (Phi) is 8.03. The summed E-state index contributed by atoms with van der Waals surface area (Å²) in [5.74, 6) is -1.11. The number of carboxylic acids is 2. The molecular formula is C20H21NO6S. The number of hydrogen-bond acceptors (Lipinski definition) is 5. The van der Waals surface area contributed by atoms with Gasteiger partial charge in [0.25, 0.3) is 0 Å². The Balaban J connectivity index is 2.05. The zero-order chi connectivity index (χ0) is 20.5. The Labute approximate surface area is 166 Å². The van der Waals surface area contributed by atoms with Crippen molar-refractivity contribution in [2.75, 3.05) is 5.75 Å². The molecule has 28 heavy (non-hydrogen) atoms. The SMILES string of the molecule is O=C(CCCCSCc1ccc(-c2cccc(C(=O)O)c2)c(C(=O)O)c1)NO. The van der Waals surface area contributed by atoms with Crippen LogP contribution in [0.5, 0.6) is 0 Å². The van der Waals surface area contributed by atoms with Gasteiger partial charge in [0.2, 0.25) is 5.91 Å². The van der Waals surface area contributed by atoms with Crippen molar-refractivity contribution in [3.63, 3.8) is 0 Å². The summed E-state index contributed by atoms with van der Waals surface area (Å²) < 4.78 is 0. The highest BCUT2D eigenvalue weighted by Crippen LogP contribution is 2.27. The number of hydrogen-bond donors (Lipinski definition) is 4. The molecule has 0 fully saturated rings. The van der Waals surface area contributed by atoms with E-state index < -0.39 is 17.8 Å². The van der Waals surface area contributed by atoms with Crippen LogP contribution in [0.15, 0.2) is 42.5 Å². The Morgan fingerprint density at radius 1 is 0.964 bits per heavy atom. The second kappa shape index (κ2) is 10.5. The van der Waals surface area contributed by atoms with Crippen molar-refractivity contribution in [3.8, 4) is 11.1 Å². The fourth-order valence-corrected chi connectivity index (χ4v) is 3.63. The quantitative estimate of drug-likeness (QED) is 0.271. The number of carbonyl (C=O) groups is 3. The number of thioether (sulfide) groups is 1. The first-order chi connectivity index (χ1) is 13.4. The first-order valence-electron chi connectivity index (χ1n) is 8.63. The van der Waals surface area contributed by atoms with E-state index in [1.807, 2.05) is 6.07 Å². The van der Waals surface area contributed by atoms with E-state index in [4.69, 9.17) is 10.3 Å². The maximum Gasteiger partial charge on any atom is 0.336 e. The molecule has 0 atom stereocenters. The van der Waals surface area contributed by atoms with Gasteiger partial charge in [-0.3, -0.25) is 10.0 Å². The van der Waals surface area contributed by atoms with Gasteiger partial charge < -0.3 is 10.2 Å². The molecule has 4 N–H and O–H groups in total. The third kappa shape index (κ3) is 6.11. The first-order valence-corrected chi connectivity index (χ1v) is 9.78. The highest BCUT2D eigenvalue weighted by atomic mass is 32.2. The van der Waals surface area contributed by atoms with Crippen LogP contribution in [0.1, 0.15) is 45.5 Å². The van der Waals surface area contributed by atoms with E-state index in [2.05, 4.69) is 0 Å². The number of amides is 1. The molecular weight excluding hydrogens is 382 g/mol. The molecule has 0 aromatic heterocycles. The minimum absolute atomic E-state index is 0.100. The van der Waals surface area contributed by atoms with Crippen molar-refractivity contribution in [2.24, 2.45) is 0 Å².